The van der Waals surface area contributed by atoms with Crippen molar-refractivity contribution in [2.45, 2.75) is 132 Å². The highest BCUT2D eigenvalue weighted by Gasteiger charge is 2.12. The van der Waals surface area contributed by atoms with E-state index in [1.807, 2.05) is 0 Å². The van der Waals surface area contributed by atoms with Crippen LogP contribution in [0.1, 0.15) is 132 Å². The molecule has 0 rings (SSSR count). The molecule has 0 aromatic rings. The standard InChI is InChI=1S/C25H52/c1-8-14-25(22(5)6)16-13-11-10-12-15-23(7)18-20-24(9-2)19-17-21(3)4/h21-25H,8-20H2,1-7H3. The van der Waals surface area contributed by atoms with Crippen molar-refractivity contribution in [1.29, 1.82) is 0 Å². The van der Waals surface area contributed by atoms with E-state index in [4.69, 9.17) is 0 Å². The molecule has 0 fully saturated rings. The minimum Gasteiger partial charge on any atom is -0.0654 e. The van der Waals surface area contributed by atoms with E-state index in [0.29, 0.717) is 0 Å². The van der Waals surface area contributed by atoms with Gasteiger partial charge in [0.2, 0.25) is 0 Å². The van der Waals surface area contributed by atoms with E-state index in [1.54, 1.807) is 0 Å². The van der Waals surface area contributed by atoms with Gasteiger partial charge in [0.25, 0.3) is 0 Å². The quantitative estimate of drug-likeness (QED) is 0.229. The first-order valence-corrected chi connectivity index (χ1v) is 11.9. The Labute approximate surface area is 161 Å². The van der Waals surface area contributed by atoms with Gasteiger partial charge in [-0.1, -0.05) is 132 Å². The summed E-state index contributed by atoms with van der Waals surface area (Å²) in [6, 6.07) is 0. The van der Waals surface area contributed by atoms with Crippen LogP contribution in [0, 0.1) is 29.6 Å². The Morgan fingerprint density at radius 3 is 1.68 bits per heavy atom. The summed E-state index contributed by atoms with van der Waals surface area (Å²) in [6.45, 7) is 16.8. The van der Waals surface area contributed by atoms with Crippen molar-refractivity contribution < 1.29 is 0 Å². The van der Waals surface area contributed by atoms with Gasteiger partial charge >= 0.3 is 0 Å². The van der Waals surface area contributed by atoms with Crippen LogP contribution in [0.3, 0.4) is 0 Å². The van der Waals surface area contributed by atoms with Crippen LogP contribution in [0.4, 0.5) is 0 Å². The molecule has 3 unspecified atom stereocenters. The molecule has 0 nitrogen and oxygen atoms in total. The van der Waals surface area contributed by atoms with Gasteiger partial charge in [0.05, 0.1) is 0 Å². The average molecular weight is 353 g/mol. The smallest absolute Gasteiger partial charge is 0.0391 e. The zero-order chi connectivity index (χ0) is 19.1. The van der Waals surface area contributed by atoms with Gasteiger partial charge in [-0.2, -0.15) is 0 Å². The van der Waals surface area contributed by atoms with Crippen LogP contribution in [0.15, 0.2) is 0 Å². The fourth-order valence-corrected chi connectivity index (χ4v) is 4.22. The monoisotopic (exact) mass is 352 g/mol. The van der Waals surface area contributed by atoms with Crippen molar-refractivity contribution in [2.75, 3.05) is 0 Å². The molecule has 0 spiro atoms. The van der Waals surface area contributed by atoms with E-state index < -0.39 is 0 Å². The van der Waals surface area contributed by atoms with Crippen molar-refractivity contribution >= 4 is 0 Å². The van der Waals surface area contributed by atoms with Crippen LogP contribution in [0.5, 0.6) is 0 Å². The van der Waals surface area contributed by atoms with Gasteiger partial charge in [-0.15, -0.1) is 0 Å². The SMILES string of the molecule is CCCC(CCCCCCC(C)CCC(CC)CCC(C)C)C(C)C. The Morgan fingerprint density at radius 2 is 1.16 bits per heavy atom. The van der Waals surface area contributed by atoms with Crippen LogP contribution in [0.25, 0.3) is 0 Å². The summed E-state index contributed by atoms with van der Waals surface area (Å²) in [5, 5.41) is 0. The van der Waals surface area contributed by atoms with Gasteiger partial charge in [-0.25, -0.2) is 0 Å². The van der Waals surface area contributed by atoms with Crippen molar-refractivity contribution in [1.82, 2.24) is 0 Å². The number of rotatable bonds is 17. The molecule has 0 aliphatic heterocycles. The molecule has 0 heterocycles. The lowest BCUT2D eigenvalue weighted by Gasteiger charge is -2.20. The summed E-state index contributed by atoms with van der Waals surface area (Å²) >= 11 is 0. The number of unbranched alkanes of at least 4 members (excludes halogenated alkanes) is 3. The summed E-state index contributed by atoms with van der Waals surface area (Å²) in [5.74, 6) is 4.65. The fourth-order valence-electron chi connectivity index (χ4n) is 4.22. The predicted molar refractivity (Wildman–Crippen MR) is 117 cm³/mol. The third kappa shape index (κ3) is 14.8. The summed E-state index contributed by atoms with van der Waals surface area (Å²) in [6.07, 6.45) is 18.8. The molecule has 0 aliphatic carbocycles. The summed E-state index contributed by atoms with van der Waals surface area (Å²) in [7, 11) is 0. The molecule has 0 radical (unpaired) electrons. The lowest BCUT2D eigenvalue weighted by molar-refractivity contribution is 0.318. The first-order valence-electron chi connectivity index (χ1n) is 11.9. The van der Waals surface area contributed by atoms with E-state index in [1.165, 1.54) is 83.5 Å². The maximum absolute atomic E-state index is 2.49. The Bertz CT molecular complexity index is 265. The Morgan fingerprint density at radius 1 is 0.560 bits per heavy atom. The second-order valence-electron chi connectivity index (χ2n) is 9.71. The Hall–Kier alpha value is 0. The third-order valence-corrected chi connectivity index (χ3v) is 6.42. The topological polar surface area (TPSA) is 0 Å². The minimum absolute atomic E-state index is 0.874. The van der Waals surface area contributed by atoms with Crippen LogP contribution in [-0.4, -0.2) is 0 Å². The summed E-state index contributed by atoms with van der Waals surface area (Å²) in [4.78, 5) is 0. The second kappa shape index (κ2) is 16.2. The molecular weight excluding hydrogens is 300 g/mol. The molecular formula is C25H52. The zero-order valence-corrected chi connectivity index (χ0v) is 19.1. The number of hydrogen-bond acceptors (Lipinski definition) is 0. The van der Waals surface area contributed by atoms with Gasteiger partial charge in [-0.05, 0) is 29.6 Å². The normalized spacial score (nSPS) is 15.7. The van der Waals surface area contributed by atoms with E-state index in [-0.39, 0.29) is 0 Å². The molecule has 0 aromatic heterocycles. The van der Waals surface area contributed by atoms with Gasteiger partial charge in [-0.3, -0.25) is 0 Å². The van der Waals surface area contributed by atoms with Crippen LogP contribution in [-0.2, 0) is 0 Å². The fraction of sp³-hybridized carbons (Fsp3) is 1.00. The molecule has 0 aliphatic rings. The second-order valence-corrected chi connectivity index (χ2v) is 9.71. The van der Waals surface area contributed by atoms with E-state index in [0.717, 1.165) is 29.6 Å². The predicted octanol–water partition coefficient (Wildman–Crippen LogP) is 9.28. The zero-order valence-electron chi connectivity index (χ0n) is 19.1. The highest BCUT2D eigenvalue weighted by molar-refractivity contribution is 4.65. The van der Waals surface area contributed by atoms with Crippen molar-refractivity contribution in [2.24, 2.45) is 29.6 Å². The molecule has 3 atom stereocenters. The van der Waals surface area contributed by atoms with Crippen LogP contribution in [0.2, 0.25) is 0 Å². The van der Waals surface area contributed by atoms with E-state index >= 15 is 0 Å². The molecule has 0 saturated heterocycles. The highest BCUT2D eigenvalue weighted by atomic mass is 14.2. The molecule has 0 heteroatoms. The number of hydrogen-bond donors (Lipinski definition) is 0. The van der Waals surface area contributed by atoms with Crippen LogP contribution >= 0.6 is 0 Å². The Balaban J connectivity index is 3.67. The lowest BCUT2D eigenvalue weighted by Crippen LogP contribution is -2.08. The molecule has 0 aromatic carbocycles. The van der Waals surface area contributed by atoms with Gasteiger partial charge in [0.15, 0.2) is 0 Å². The molecule has 0 bridgehead atoms. The lowest BCUT2D eigenvalue weighted by atomic mass is 9.86. The van der Waals surface area contributed by atoms with Crippen molar-refractivity contribution in [3.8, 4) is 0 Å². The van der Waals surface area contributed by atoms with Crippen molar-refractivity contribution in [3.05, 3.63) is 0 Å². The Kier molecular flexibility index (Phi) is 16.2. The molecule has 152 valence electrons. The molecule has 0 amide bonds. The molecule has 0 N–H and O–H groups in total. The van der Waals surface area contributed by atoms with Gasteiger partial charge in [0.1, 0.15) is 0 Å². The highest BCUT2D eigenvalue weighted by Crippen LogP contribution is 2.26. The summed E-state index contributed by atoms with van der Waals surface area (Å²) in [5.41, 5.74) is 0. The first-order chi connectivity index (χ1) is 11.9. The third-order valence-electron chi connectivity index (χ3n) is 6.42. The van der Waals surface area contributed by atoms with Gasteiger partial charge in [0, 0.05) is 0 Å². The maximum atomic E-state index is 2.49. The maximum Gasteiger partial charge on any atom is -0.0391 e. The van der Waals surface area contributed by atoms with E-state index in [9.17, 15) is 0 Å². The average Bonchev–Trinajstić information content (AvgIpc) is 2.56. The first kappa shape index (κ1) is 25.0. The van der Waals surface area contributed by atoms with E-state index in [2.05, 4.69) is 48.5 Å². The van der Waals surface area contributed by atoms with Gasteiger partial charge < -0.3 is 0 Å². The molecule has 25 heavy (non-hydrogen) atoms. The minimum atomic E-state index is 0.874. The van der Waals surface area contributed by atoms with Crippen molar-refractivity contribution in [3.63, 3.8) is 0 Å². The summed E-state index contributed by atoms with van der Waals surface area (Å²) < 4.78 is 0. The van der Waals surface area contributed by atoms with Crippen LogP contribution < -0.4 is 0 Å². The largest absolute Gasteiger partial charge is 0.0654 e. The molecule has 0 saturated carbocycles.